The molecule has 2 aliphatic rings. The van der Waals surface area contributed by atoms with Crippen molar-refractivity contribution < 1.29 is 9.30 Å². The summed E-state index contributed by atoms with van der Waals surface area (Å²) in [5, 5.41) is 6.40. The molecule has 194 valence electrons. The van der Waals surface area contributed by atoms with Gasteiger partial charge in [0.05, 0.1) is 11.1 Å². The highest BCUT2D eigenvalue weighted by molar-refractivity contribution is 7.19. The van der Waals surface area contributed by atoms with Crippen LogP contribution in [0.5, 0.6) is 5.75 Å². The molecule has 4 heteroatoms. The van der Waals surface area contributed by atoms with Crippen molar-refractivity contribution in [2.45, 2.75) is 40.2 Å². The highest BCUT2D eigenvalue weighted by Gasteiger charge is 2.30. The summed E-state index contributed by atoms with van der Waals surface area (Å²) in [6.07, 6.45) is 9.13. The smallest absolute Gasteiger partial charge is 0.263 e. The SMILES string of the molecule is CC[n+]1c(/C=C2C=C(/C=C3\Oc4ccc5ccccc5c4N3C)CC(C)(C)C/2)sc2ccc3ccccc3c21. The fourth-order valence-electron chi connectivity index (χ4n) is 6.39. The van der Waals surface area contributed by atoms with E-state index in [4.69, 9.17) is 4.74 Å². The lowest BCUT2D eigenvalue weighted by Gasteiger charge is -2.30. The van der Waals surface area contributed by atoms with E-state index in [0.717, 1.165) is 36.7 Å². The first-order valence-electron chi connectivity index (χ1n) is 13.8. The number of ether oxygens (including phenoxy) is 1. The normalized spacial score (nSPS) is 18.8. The van der Waals surface area contributed by atoms with Crippen LogP contribution < -0.4 is 14.2 Å². The van der Waals surface area contributed by atoms with E-state index in [0.29, 0.717) is 0 Å². The number of aryl methyl sites for hydroxylation is 1. The van der Waals surface area contributed by atoms with Crippen LogP contribution in [0.25, 0.3) is 37.8 Å². The number of hydrogen-bond acceptors (Lipinski definition) is 3. The second-order valence-electron chi connectivity index (χ2n) is 11.6. The van der Waals surface area contributed by atoms with Crippen molar-refractivity contribution in [3.05, 3.63) is 107 Å². The number of aromatic nitrogens is 1. The number of rotatable bonds is 3. The quantitative estimate of drug-likeness (QED) is 0.217. The van der Waals surface area contributed by atoms with Gasteiger partial charge in [0, 0.05) is 24.6 Å². The average molecular weight is 530 g/mol. The maximum atomic E-state index is 6.39. The molecular weight excluding hydrogens is 496 g/mol. The molecule has 3 nitrogen and oxygen atoms in total. The van der Waals surface area contributed by atoms with Gasteiger partial charge < -0.3 is 9.64 Å². The average Bonchev–Trinajstić information content (AvgIpc) is 3.44. The molecule has 2 heterocycles. The Bertz CT molecular complexity index is 1870. The maximum absolute atomic E-state index is 6.39. The van der Waals surface area contributed by atoms with Crippen LogP contribution in [0.1, 0.15) is 38.6 Å². The molecule has 0 fully saturated rings. The minimum absolute atomic E-state index is 0.171. The van der Waals surface area contributed by atoms with E-state index < -0.39 is 0 Å². The molecule has 0 unspecified atom stereocenters. The zero-order valence-corrected chi connectivity index (χ0v) is 23.8. The molecule has 1 aliphatic carbocycles. The summed E-state index contributed by atoms with van der Waals surface area (Å²) in [7, 11) is 2.11. The molecule has 39 heavy (non-hydrogen) atoms. The number of thiazole rings is 1. The molecular formula is C35H33N2OS+. The molecule has 0 bridgehead atoms. The van der Waals surface area contributed by atoms with E-state index in [1.807, 2.05) is 11.3 Å². The van der Waals surface area contributed by atoms with E-state index in [9.17, 15) is 0 Å². The number of hydrogen-bond donors (Lipinski definition) is 0. The van der Waals surface area contributed by atoms with Gasteiger partial charge in [0.15, 0.2) is 5.75 Å². The summed E-state index contributed by atoms with van der Waals surface area (Å²) in [6, 6.07) is 26.0. The second kappa shape index (κ2) is 9.10. The third kappa shape index (κ3) is 4.15. The molecule has 0 spiro atoms. The molecule has 0 saturated carbocycles. The summed E-state index contributed by atoms with van der Waals surface area (Å²) in [5.41, 5.74) is 5.35. The third-order valence-corrected chi connectivity index (χ3v) is 9.12. The van der Waals surface area contributed by atoms with Crippen molar-refractivity contribution in [1.29, 1.82) is 0 Å². The zero-order valence-electron chi connectivity index (χ0n) is 23.0. The lowest BCUT2D eigenvalue weighted by molar-refractivity contribution is -0.664. The Balaban J connectivity index is 1.30. The molecule has 0 saturated heterocycles. The van der Waals surface area contributed by atoms with Crippen molar-refractivity contribution in [2.75, 3.05) is 11.9 Å². The largest absolute Gasteiger partial charge is 0.439 e. The predicted octanol–water partition coefficient (Wildman–Crippen LogP) is 9.02. The van der Waals surface area contributed by atoms with Crippen molar-refractivity contribution in [2.24, 2.45) is 5.41 Å². The number of anilines is 1. The van der Waals surface area contributed by atoms with Gasteiger partial charge in [-0.3, -0.25) is 0 Å². The highest BCUT2D eigenvalue weighted by atomic mass is 32.1. The lowest BCUT2D eigenvalue weighted by atomic mass is 9.75. The zero-order chi connectivity index (χ0) is 26.7. The Morgan fingerprint density at radius 1 is 0.897 bits per heavy atom. The lowest BCUT2D eigenvalue weighted by Crippen LogP contribution is -2.33. The van der Waals surface area contributed by atoms with Gasteiger partial charge in [0.25, 0.3) is 5.01 Å². The van der Waals surface area contributed by atoms with Gasteiger partial charge in [0.1, 0.15) is 11.2 Å². The first kappa shape index (κ1) is 24.2. The fourth-order valence-corrected chi connectivity index (χ4v) is 7.61. The van der Waals surface area contributed by atoms with Gasteiger partial charge in [-0.05, 0) is 65.3 Å². The van der Waals surface area contributed by atoms with Crippen molar-refractivity contribution in [1.82, 2.24) is 0 Å². The van der Waals surface area contributed by atoms with Crippen molar-refractivity contribution >= 4 is 54.9 Å². The molecule has 7 rings (SSSR count). The van der Waals surface area contributed by atoms with E-state index in [-0.39, 0.29) is 5.41 Å². The minimum Gasteiger partial charge on any atom is -0.439 e. The Labute approximate surface area is 234 Å². The molecule has 0 atom stereocenters. The Morgan fingerprint density at radius 2 is 1.62 bits per heavy atom. The van der Waals surface area contributed by atoms with Crippen LogP contribution in [0.4, 0.5) is 5.69 Å². The topological polar surface area (TPSA) is 16.4 Å². The molecule has 0 N–H and O–H groups in total. The number of allylic oxidation sites excluding steroid dienone is 4. The minimum atomic E-state index is 0.171. The van der Waals surface area contributed by atoms with E-state index in [2.05, 4.69) is 128 Å². The van der Waals surface area contributed by atoms with E-state index in [1.165, 1.54) is 47.9 Å². The Morgan fingerprint density at radius 3 is 2.41 bits per heavy atom. The first-order valence-corrected chi connectivity index (χ1v) is 14.6. The van der Waals surface area contributed by atoms with Crippen LogP contribution in [0, 0.1) is 5.41 Å². The number of fused-ring (bicyclic) bond motifs is 6. The summed E-state index contributed by atoms with van der Waals surface area (Å²) >= 11 is 1.89. The maximum Gasteiger partial charge on any atom is 0.263 e. The molecule has 1 aromatic heterocycles. The van der Waals surface area contributed by atoms with Gasteiger partial charge in [-0.2, -0.15) is 4.57 Å². The molecule has 5 aromatic rings. The fraction of sp³-hybridized carbons (Fsp3) is 0.229. The van der Waals surface area contributed by atoms with Crippen molar-refractivity contribution in [3.8, 4) is 5.75 Å². The highest BCUT2D eigenvalue weighted by Crippen LogP contribution is 2.45. The van der Waals surface area contributed by atoms with Gasteiger partial charge in [-0.15, -0.1) is 0 Å². The third-order valence-electron chi connectivity index (χ3n) is 8.03. The molecule has 0 radical (unpaired) electrons. The van der Waals surface area contributed by atoms with Crippen LogP contribution in [-0.4, -0.2) is 7.05 Å². The first-order chi connectivity index (χ1) is 18.9. The van der Waals surface area contributed by atoms with Gasteiger partial charge in [0.2, 0.25) is 11.4 Å². The Kier molecular flexibility index (Phi) is 5.64. The van der Waals surface area contributed by atoms with Crippen LogP contribution in [0.2, 0.25) is 0 Å². The van der Waals surface area contributed by atoms with Crippen LogP contribution >= 0.6 is 11.3 Å². The Hall–Kier alpha value is -3.89. The summed E-state index contributed by atoms with van der Waals surface area (Å²) in [5.74, 6) is 1.82. The number of benzene rings is 4. The summed E-state index contributed by atoms with van der Waals surface area (Å²) < 4.78 is 10.2. The predicted molar refractivity (Wildman–Crippen MR) is 165 cm³/mol. The van der Waals surface area contributed by atoms with Crippen LogP contribution in [0.15, 0.2) is 102 Å². The monoisotopic (exact) mass is 529 g/mol. The van der Waals surface area contributed by atoms with Crippen LogP contribution in [-0.2, 0) is 6.54 Å². The molecule has 0 amide bonds. The summed E-state index contributed by atoms with van der Waals surface area (Å²) in [4.78, 5) is 2.20. The van der Waals surface area contributed by atoms with Crippen molar-refractivity contribution in [3.63, 3.8) is 0 Å². The number of nitrogens with zero attached hydrogens (tertiary/aromatic N) is 2. The molecule has 1 aliphatic heterocycles. The second-order valence-corrected chi connectivity index (χ2v) is 12.6. The van der Waals surface area contributed by atoms with Gasteiger partial charge in [-0.1, -0.05) is 85.9 Å². The van der Waals surface area contributed by atoms with Gasteiger partial charge >= 0.3 is 0 Å². The van der Waals surface area contributed by atoms with Gasteiger partial charge in [-0.25, -0.2) is 0 Å². The van der Waals surface area contributed by atoms with Crippen LogP contribution in [0.3, 0.4) is 0 Å². The van der Waals surface area contributed by atoms with E-state index >= 15 is 0 Å². The standard InChI is InChI=1S/C35H33N2OS/c1-5-37-32(39-30-17-15-26-11-7-9-13-28(26)34(30)37)20-24-18-23(21-35(2,3)22-24)19-31-36(4)33-27-12-8-6-10-25(27)14-16-29(33)38-31/h6-20H,5,21-22H2,1-4H3/q+1. The van der Waals surface area contributed by atoms with E-state index in [1.54, 1.807) is 0 Å². The summed E-state index contributed by atoms with van der Waals surface area (Å²) in [6.45, 7) is 7.95. The molecule has 4 aromatic carbocycles.